The Hall–Kier alpha value is -1.47. The van der Waals surface area contributed by atoms with Crippen LogP contribution in [0.2, 0.25) is 0 Å². The molecule has 1 N–H and O–H groups in total. The molecule has 0 radical (unpaired) electrons. The molecule has 0 saturated carbocycles. The zero-order valence-corrected chi connectivity index (χ0v) is 12.3. The van der Waals surface area contributed by atoms with Crippen molar-refractivity contribution in [1.29, 1.82) is 0 Å². The topological polar surface area (TPSA) is 38.3 Å². The Morgan fingerprint density at radius 1 is 1.44 bits per heavy atom. The van der Waals surface area contributed by atoms with E-state index >= 15 is 0 Å². The normalized spacial score (nSPS) is 10.2. The minimum atomic E-state index is -0.484. The summed E-state index contributed by atoms with van der Waals surface area (Å²) in [6, 6.07) is 7.67. The number of hydrogen-bond acceptors (Lipinski definition) is 2. The van der Waals surface area contributed by atoms with Gasteiger partial charge in [-0.15, -0.1) is 0 Å². The Bertz CT molecular complexity index is 481. The van der Waals surface area contributed by atoms with Gasteiger partial charge >= 0.3 is 6.09 Å². The largest absolute Gasteiger partial charge is 0.444 e. The molecule has 4 heteroatoms. The summed E-state index contributed by atoms with van der Waals surface area (Å²) in [5.74, 6) is 5.82. The number of carbonyl (C=O) groups excluding carboxylic acids is 1. The molecule has 0 aliphatic heterocycles. The van der Waals surface area contributed by atoms with E-state index in [1.165, 1.54) is 0 Å². The quantitative estimate of drug-likeness (QED) is 0.808. The number of halogens is 1. The molecule has 1 aromatic carbocycles. The minimum Gasteiger partial charge on any atom is -0.444 e. The van der Waals surface area contributed by atoms with Gasteiger partial charge in [0.15, 0.2) is 0 Å². The van der Waals surface area contributed by atoms with E-state index in [4.69, 9.17) is 4.74 Å². The second kappa shape index (κ2) is 6.46. The molecule has 0 heterocycles. The lowest BCUT2D eigenvalue weighted by molar-refractivity contribution is 0.0535. The summed E-state index contributed by atoms with van der Waals surface area (Å²) >= 11 is 3.37. The van der Waals surface area contributed by atoms with Crippen LogP contribution in [0.15, 0.2) is 28.7 Å². The summed E-state index contributed by atoms with van der Waals surface area (Å²) in [6.45, 7) is 5.72. The summed E-state index contributed by atoms with van der Waals surface area (Å²) < 4.78 is 6.06. The van der Waals surface area contributed by atoms with Gasteiger partial charge in [-0.05, 0) is 39.0 Å². The first-order valence-electron chi connectivity index (χ1n) is 5.58. The van der Waals surface area contributed by atoms with Crippen LogP contribution in [-0.2, 0) is 4.74 Å². The van der Waals surface area contributed by atoms with Gasteiger partial charge in [-0.3, -0.25) is 0 Å². The van der Waals surface area contributed by atoms with Gasteiger partial charge in [0, 0.05) is 10.0 Å². The van der Waals surface area contributed by atoms with Gasteiger partial charge < -0.3 is 10.1 Å². The molecule has 96 valence electrons. The van der Waals surface area contributed by atoms with Crippen molar-refractivity contribution >= 4 is 22.0 Å². The van der Waals surface area contributed by atoms with E-state index in [2.05, 4.69) is 33.1 Å². The molecule has 18 heavy (non-hydrogen) atoms. The molecular weight excluding hydrogens is 294 g/mol. The van der Waals surface area contributed by atoms with Crippen LogP contribution in [0.3, 0.4) is 0 Å². The molecule has 0 atom stereocenters. The second-order valence-corrected chi connectivity index (χ2v) is 5.58. The molecule has 1 rings (SSSR count). The summed E-state index contributed by atoms with van der Waals surface area (Å²) in [7, 11) is 0. The zero-order valence-electron chi connectivity index (χ0n) is 10.7. The van der Waals surface area contributed by atoms with Crippen molar-refractivity contribution in [3.8, 4) is 11.8 Å². The van der Waals surface area contributed by atoms with E-state index in [0.29, 0.717) is 0 Å². The average Bonchev–Trinajstić information content (AvgIpc) is 2.22. The highest BCUT2D eigenvalue weighted by Gasteiger charge is 2.14. The van der Waals surface area contributed by atoms with Gasteiger partial charge in [0.25, 0.3) is 0 Å². The maximum absolute atomic E-state index is 11.3. The third-order valence-corrected chi connectivity index (χ3v) is 2.27. The van der Waals surface area contributed by atoms with E-state index in [1.807, 2.05) is 45.0 Å². The molecule has 0 spiro atoms. The van der Waals surface area contributed by atoms with Crippen molar-refractivity contribution in [1.82, 2.24) is 5.32 Å². The second-order valence-electron chi connectivity index (χ2n) is 4.67. The van der Waals surface area contributed by atoms with E-state index in [0.717, 1.165) is 10.0 Å². The van der Waals surface area contributed by atoms with Gasteiger partial charge in [0.2, 0.25) is 0 Å². The maximum Gasteiger partial charge on any atom is 0.408 e. The predicted octanol–water partition coefficient (Wildman–Crippen LogP) is 3.33. The lowest BCUT2D eigenvalue weighted by Crippen LogP contribution is -2.32. The number of benzene rings is 1. The number of alkyl carbamates (subject to hydrolysis) is 1. The van der Waals surface area contributed by atoms with E-state index in [1.54, 1.807) is 0 Å². The number of ether oxygens (including phenoxy) is 1. The fourth-order valence-electron chi connectivity index (χ4n) is 1.14. The van der Waals surface area contributed by atoms with Crippen LogP contribution in [0.1, 0.15) is 26.3 Å². The number of nitrogens with one attached hydrogen (secondary N) is 1. The van der Waals surface area contributed by atoms with Crippen molar-refractivity contribution in [2.75, 3.05) is 6.54 Å². The standard InChI is InChI=1S/C14H16BrNO2/c1-14(2,3)18-13(17)16-9-5-7-11-6-4-8-12(15)10-11/h4,6,8,10H,9H2,1-3H3,(H,16,17). The summed E-state index contributed by atoms with van der Waals surface area (Å²) in [5.41, 5.74) is 0.414. The summed E-state index contributed by atoms with van der Waals surface area (Å²) in [5, 5.41) is 2.58. The fourth-order valence-corrected chi connectivity index (χ4v) is 1.54. The van der Waals surface area contributed by atoms with Gasteiger partial charge in [0.05, 0.1) is 6.54 Å². The number of carbonyl (C=O) groups is 1. The smallest absolute Gasteiger partial charge is 0.408 e. The first-order valence-corrected chi connectivity index (χ1v) is 6.37. The number of rotatable bonds is 1. The van der Waals surface area contributed by atoms with Crippen molar-refractivity contribution in [3.05, 3.63) is 34.3 Å². The molecule has 0 saturated heterocycles. The highest BCUT2D eigenvalue weighted by molar-refractivity contribution is 9.10. The Labute approximate surface area is 116 Å². The Morgan fingerprint density at radius 2 is 2.17 bits per heavy atom. The van der Waals surface area contributed by atoms with Gasteiger partial charge in [-0.25, -0.2) is 4.79 Å². The third-order valence-electron chi connectivity index (χ3n) is 1.78. The molecule has 0 bridgehead atoms. The van der Waals surface area contributed by atoms with Gasteiger partial charge in [-0.1, -0.05) is 33.8 Å². The molecular formula is C14H16BrNO2. The van der Waals surface area contributed by atoms with Crippen molar-refractivity contribution in [2.45, 2.75) is 26.4 Å². The Morgan fingerprint density at radius 3 is 2.78 bits per heavy atom. The number of hydrogen-bond donors (Lipinski definition) is 1. The van der Waals surface area contributed by atoms with Crippen LogP contribution in [0.25, 0.3) is 0 Å². The summed E-state index contributed by atoms with van der Waals surface area (Å²) in [6.07, 6.45) is -0.453. The summed E-state index contributed by atoms with van der Waals surface area (Å²) in [4.78, 5) is 11.3. The van der Waals surface area contributed by atoms with Crippen LogP contribution in [0, 0.1) is 11.8 Å². The lowest BCUT2D eigenvalue weighted by Gasteiger charge is -2.18. The minimum absolute atomic E-state index is 0.265. The molecule has 0 fully saturated rings. The molecule has 0 aliphatic rings. The average molecular weight is 310 g/mol. The van der Waals surface area contributed by atoms with Gasteiger partial charge in [-0.2, -0.15) is 0 Å². The van der Waals surface area contributed by atoms with E-state index in [-0.39, 0.29) is 6.54 Å². The van der Waals surface area contributed by atoms with Crippen LogP contribution in [0.5, 0.6) is 0 Å². The molecule has 3 nitrogen and oxygen atoms in total. The fraction of sp³-hybridized carbons (Fsp3) is 0.357. The first kappa shape index (κ1) is 14.6. The van der Waals surface area contributed by atoms with Crippen LogP contribution >= 0.6 is 15.9 Å². The Balaban J connectivity index is 2.41. The first-order chi connectivity index (χ1) is 8.37. The van der Waals surface area contributed by atoms with Crippen LogP contribution in [-0.4, -0.2) is 18.2 Å². The predicted molar refractivity (Wildman–Crippen MR) is 75.3 cm³/mol. The monoisotopic (exact) mass is 309 g/mol. The molecule has 0 unspecified atom stereocenters. The molecule has 1 amide bonds. The van der Waals surface area contributed by atoms with E-state index in [9.17, 15) is 4.79 Å². The Kier molecular flexibility index (Phi) is 5.24. The SMILES string of the molecule is CC(C)(C)OC(=O)NCC#Cc1cccc(Br)c1. The van der Waals surface area contributed by atoms with E-state index < -0.39 is 11.7 Å². The van der Waals surface area contributed by atoms with Gasteiger partial charge in [0.1, 0.15) is 5.60 Å². The number of amides is 1. The molecule has 0 aromatic heterocycles. The van der Waals surface area contributed by atoms with Crippen molar-refractivity contribution in [2.24, 2.45) is 0 Å². The van der Waals surface area contributed by atoms with Crippen LogP contribution in [0.4, 0.5) is 4.79 Å². The molecule has 1 aromatic rings. The molecule has 0 aliphatic carbocycles. The zero-order chi connectivity index (χ0) is 13.6. The highest BCUT2D eigenvalue weighted by atomic mass is 79.9. The highest BCUT2D eigenvalue weighted by Crippen LogP contribution is 2.10. The van der Waals surface area contributed by atoms with Crippen molar-refractivity contribution < 1.29 is 9.53 Å². The lowest BCUT2D eigenvalue weighted by atomic mass is 10.2. The third kappa shape index (κ3) is 6.31. The van der Waals surface area contributed by atoms with Crippen LogP contribution < -0.4 is 5.32 Å². The maximum atomic E-state index is 11.3. The van der Waals surface area contributed by atoms with Crippen molar-refractivity contribution in [3.63, 3.8) is 0 Å².